The summed E-state index contributed by atoms with van der Waals surface area (Å²) in [6.45, 7) is 1.93. The number of methoxy groups -OCH3 is 1. The van der Waals surface area contributed by atoms with Crippen molar-refractivity contribution in [3.63, 3.8) is 0 Å². The van der Waals surface area contributed by atoms with E-state index in [1.807, 2.05) is 29.5 Å². The van der Waals surface area contributed by atoms with E-state index in [1.54, 1.807) is 60.7 Å². The lowest BCUT2D eigenvalue weighted by molar-refractivity contribution is 0.0992. The zero-order valence-electron chi connectivity index (χ0n) is 17.8. The van der Waals surface area contributed by atoms with Gasteiger partial charge in [0.1, 0.15) is 5.65 Å². The van der Waals surface area contributed by atoms with E-state index < -0.39 is 6.09 Å². The number of hydrogen-bond donors (Lipinski definition) is 1. The predicted molar refractivity (Wildman–Crippen MR) is 126 cm³/mol. The Bertz CT molecular complexity index is 1300. The number of rotatable bonds is 4. The molecule has 0 aliphatic carbocycles. The fraction of sp³-hybridized carbons (Fsp3) is 0.125. The number of carbonyl (C=O) groups is 2. The molecule has 4 aromatic rings. The van der Waals surface area contributed by atoms with Gasteiger partial charge in [-0.05, 0) is 55.0 Å². The van der Waals surface area contributed by atoms with Gasteiger partial charge in [-0.2, -0.15) is 0 Å². The second-order valence-electron chi connectivity index (χ2n) is 7.28. The van der Waals surface area contributed by atoms with Crippen LogP contribution in [-0.4, -0.2) is 35.5 Å². The number of halogens is 1. The molecule has 0 radical (unpaired) electrons. The third-order valence-electron chi connectivity index (χ3n) is 5.17. The van der Waals surface area contributed by atoms with Gasteiger partial charge in [-0.1, -0.05) is 23.7 Å². The molecule has 0 spiro atoms. The molecule has 2 aromatic carbocycles. The molecule has 2 heterocycles. The number of aryl methyl sites for hydroxylation is 1. The largest absolute Gasteiger partial charge is 0.453 e. The van der Waals surface area contributed by atoms with Crippen molar-refractivity contribution in [3.8, 4) is 11.3 Å². The molecule has 7 nitrogen and oxygen atoms in total. The fourth-order valence-corrected chi connectivity index (χ4v) is 3.58. The first-order valence-corrected chi connectivity index (χ1v) is 10.2. The highest BCUT2D eigenvalue weighted by Gasteiger charge is 2.17. The van der Waals surface area contributed by atoms with Crippen molar-refractivity contribution >= 4 is 40.6 Å². The minimum atomic E-state index is -0.531. The van der Waals surface area contributed by atoms with Crippen LogP contribution in [0.1, 0.15) is 15.9 Å². The number of anilines is 2. The number of hydrogen-bond acceptors (Lipinski definition) is 4. The van der Waals surface area contributed by atoms with Gasteiger partial charge in [-0.25, -0.2) is 9.78 Å². The molecule has 0 fully saturated rings. The normalized spacial score (nSPS) is 10.8. The Hall–Kier alpha value is -3.84. The van der Waals surface area contributed by atoms with Crippen LogP contribution in [0.2, 0.25) is 5.02 Å². The van der Waals surface area contributed by atoms with E-state index in [-0.39, 0.29) is 5.91 Å². The van der Waals surface area contributed by atoms with Crippen LogP contribution in [0.25, 0.3) is 16.9 Å². The Kier molecular flexibility index (Phi) is 5.83. The summed E-state index contributed by atoms with van der Waals surface area (Å²) < 4.78 is 6.52. The van der Waals surface area contributed by atoms with E-state index in [0.29, 0.717) is 16.3 Å². The number of amides is 2. The summed E-state index contributed by atoms with van der Waals surface area (Å²) in [5.41, 5.74) is 5.27. The summed E-state index contributed by atoms with van der Waals surface area (Å²) in [4.78, 5) is 30.7. The van der Waals surface area contributed by atoms with Crippen LogP contribution in [-0.2, 0) is 4.74 Å². The smallest absolute Gasteiger partial charge is 0.411 e. The summed E-state index contributed by atoms with van der Waals surface area (Å²) in [7, 11) is 3.04. The van der Waals surface area contributed by atoms with Gasteiger partial charge in [0.25, 0.3) is 5.91 Å². The number of ether oxygens (including phenoxy) is 1. The molecule has 2 aromatic heterocycles. The number of nitrogens with zero attached hydrogens (tertiary/aromatic N) is 3. The van der Waals surface area contributed by atoms with E-state index in [9.17, 15) is 9.59 Å². The molecule has 0 saturated carbocycles. The maximum atomic E-state index is 13.2. The van der Waals surface area contributed by atoms with Crippen LogP contribution in [0.4, 0.5) is 16.2 Å². The SMILES string of the molecule is COC(=O)Nc1ccc(-c2cnc3c(C)cc(C(=O)N(C)c4ccc(Cl)cc4)cn23)cc1. The van der Waals surface area contributed by atoms with Gasteiger partial charge >= 0.3 is 6.09 Å². The number of carbonyl (C=O) groups excluding carboxylic acids is 2. The van der Waals surface area contributed by atoms with Gasteiger partial charge in [0, 0.05) is 35.2 Å². The standard InChI is InChI=1S/C24H21ClN4O3/c1-15-12-17(23(30)28(2)20-10-6-18(25)7-11-20)14-29-21(13-26-22(15)29)16-4-8-19(9-5-16)27-24(31)32-3/h4-14H,1-3H3,(H,27,31). The molecule has 1 N–H and O–H groups in total. The Morgan fingerprint density at radius 1 is 1.09 bits per heavy atom. The van der Waals surface area contributed by atoms with Crippen molar-refractivity contribution in [1.29, 1.82) is 0 Å². The van der Waals surface area contributed by atoms with E-state index in [4.69, 9.17) is 11.6 Å². The summed E-state index contributed by atoms with van der Waals surface area (Å²) in [6, 6.07) is 16.3. The van der Waals surface area contributed by atoms with Crippen LogP contribution in [0.5, 0.6) is 0 Å². The Balaban J connectivity index is 1.69. The Morgan fingerprint density at radius 2 is 1.78 bits per heavy atom. The highest BCUT2D eigenvalue weighted by molar-refractivity contribution is 6.30. The number of imidazole rings is 1. The summed E-state index contributed by atoms with van der Waals surface area (Å²) in [5.74, 6) is -0.144. The number of pyridine rings is 1. The van der Waals surface area contributed by atoms with Gasteiger partial charge in [-0.3, -0.25) is 14.5 Å². The minimum absolute atomic E-state index is 0.144. The average molecular weight is 449 g/mol. The quantitative estimate of drug-likeness (QED) is 0.452. The van der Waals surface area contributed by atoms with Crippen molar-refractivity contribution in [1.82, 2.24) is 9.38 Å². The number of aromatic nitrogens is 2. The highest BCUT2D eigenvalue weighted by Crippen LogP contribution is 2.26. The van der Waals surface area contributed by atoms with Crippen LogP contribution in [0.15, 0.2) is 67.0 Å². The van der Waals surface area contributed by atoms with Gasteiger partial charge in [0.2, 0.25) is 0 Å². The second kappa shape index (κ2) is 8.72. The van der Waals surface area contributed by atoms with Crippen LogP contribution in [0, 0.1) is 6.92 Å². The Labute approximate surface area is 190 Å². The first-order chi connectivity index (χ1) is 15.4. The van der Waals surface area contributed by atoms with Crippen molar-refractivity contribution in [2.24, 2.45) is 0 Å². The molecule has 0 atom stereocenters. The fourth-order valence-electron chi connectivity index (χ4n) is 3.46. The molecule has 2 amide bonds. The van der Waals surface area contributed by atoms with Crippen molar-refractivity contribution in [3.05, 3.63) is 83.1 Å². The summed E-state index contributed by atoms with van der Waals surface area (Å²) in [5, 5.41) is 3.24. The first kappa shape index (κ1) is 21.4. The van der Waals surface area contributed by atoms with E-state index in [2.05, 4.69) is 15.0 Å². The monoisotopic (exact) mass is 448 g/mol. The molecule has 32 heavy (non-hydrogen) atoms. The molecule has 0 aliphatic heterocycles. The van der Waals surface area contributed by atoms with E-state index in [1.165, 1.54) is 7.11 Å². The van der Waals surface area contributed by atoms with Crippen LogP contribution in [0.3, 0.4) is 0 Å². The van der Waals surface area contributed by atoms with Crippen LogP contribution >= 0.6 is 11.6 Å². The third kappa shape index (κ3) is 4.15. The highest BCUT2D eigenvalue weighted by atomic mass is 35.5. The second-order valence-corrected chi connectivity index (χ2v) is 7.72. The first-order valence-electron chi connectivity index (χ1n) is 9.84. The van der Waals surface area contributed by atoms with Gasteiger partial charge in [0.15, 0.2) is 0 Å². The van der Waals surface area contributed by atoms with Gasteiger partial charge in [-0.15, -0.1) is 0 Å². The van der Waals surface area contributed by atoms with Gasteiger partial charge < -0.3 is 9.64 Å². The minimum Gasteiger partial charge on any atom is -0.453 e. The molecule has 8 heteroatoms. The zero-order valence-corrected chi connectivity index (χ0v) is 18.6. The molecule has 0 saturated heterocycles. The van der Waals surface area contributed by atoms with Crippen molar-refractivity contribution in [2.45, 2.75) is 6.92 Å². The number of fused-ring (bicyclic) bond motifs is 1. The number of benzene rings is 2. The molecule has 4 rings (SSSR count). The van der Waals surface area contributed by atoms with Crippen molar-refractivity contribution < 1.29 is 14.3 Å². The molecule has 0 bridgehead atoms. The summed E-state index contributed by atoms with van der Waals surface area (Å²) in [6.07, 6.45) is 3.03. The molecule has 0 unspecified atom stereocenters. The molecule has 162 valence electrons. The Morgan fingerprint density at radius 3 is 2.44 bits per heavy atom. The lowest BCUT2D eigenvalue weighted by Gasteiger charge is -2.18. The van der Waals surface area contributed by atoms with E-state index >= 15 is 0 Å². The number of nitrogens with one attached hydrogen (secondary N) is 1. The molecular weight excluding hydrogens is 428 g/mol. The van der Waals surface area contributed by atoms with E-state index in [0.717, 1.165) is 28.2 Å². The average Bonchev–Trinajstić information content (AvgIpc) is 3.23. The maximum absolute atomic E-state index is 13.2. The lowest BCUT2D eigenvalue weighted by Crippen LogP contribution is -2.26. The predicted octanol–water partition coefficient (Wildman–Crippen LogP) is 5.42. The topological polar surface area (TPSA) is 75.9 Å². The maximum Gasteiger partial charge on any atom is 0.411 e. The molecule has 0 aliphatic rings. The van der Waals surface area contributed by atoms with Gasteiger partial charge in [0.05, 0.1) is 24.6 Å². The van der Waals surface area contributed by atoms with Crippen LogP contribution < -0.4 is 10.2 Å². The summed E-state index contributed by atoms with van der Waals surface area (Å²) >= 11 is 5.96. The molecular formula is C24H21ClN4O3. The van der Waals surface area contributed by atoms with Crippen molar-refractivity contribution in [2.75, 3.05) is 24.4 Å². The third-order valence-corrected chi connectivity index (χ3v) is 5.42. The zero-order chi connectivity index (χ0) is 22.8. The lowest BCUT2D eigenvalue weighted by atomic mass is 10.1.